The molecular formula is C8H6FNOS. The van der Waals surface area contributed by atoms with Gasteiger partial charge in [0.2, 0.25) is 6.08 Å². The summed E-state index contributed by atoms with van der Waals surface area (Å²) in [7, 11) is 0. The number of aliphatic imine (C=N–C) groups is 1. The van der Waals surface area contributed by atoms with Gasteiger partial charge in [-0.3, -0.25) is 0 Å². The van der Waals surface area contributed by atoms with E-state index in [1.165, 1.54) is 23.9 Å². The van der Waals surface area contributed by atoms with E-state index < -0.39 is 5.82 Å². The van der Waals surface area contributed by atoms with Gasteiger partial charge in [-0.2, -0.15) is 4.99 Å². The van der Waals surface area contributed by atoms with Crippen LogP contribution in [0, 0.1) is 5.82 Å². The maximum atomic E-state index is 13.2. The summed E-state index contributed by atoms with van der Waals surface area (Å²) in [5.41, 5.74) is 0.0388. The zero-order chi connectivity index (χ0) is 8.97. The Morgan fingerprint density at radius 2 is 2.33 bits per heavy atom. The lowest BCUT2D eigenvalue weighted by Crippen LogP contribution is -1.79. The molecule has 0 saturated heterocycles. The maximum Gasteiger partial charge on any atom is 0.240 e. The third-order valence-electron chi connectivity index (χ3n) is 1.33. The van der Waals surface area contributed by atoms with Gasteiger partial charge in [-0.05, 0) is 18.4 Å². The zero-order valence-corrected chi connectivity index (χ0v) is 7.19. The summed E-state index contributed by atoms with van der Waals surface area (Å²) in [6, 6.07) is 4.70. The van der Waals surface area contributed by atoms with Gasteiger partial charge in [0.1, 0.15) is 5.69 Å². The van der Waals surface area contributed by atoms with Gasteiger partial charge in [0.05, 0.1) is 0 Å². The molecule has 12 heavy (non-hydrogen) atoms. The second-order valence-corrected chi connectivity index (χ2v) is 2.84. The molecule has 0 fully saturated rings. The van der Waals surface area contributed by atoms with Crippen LogP contribution in [0.2, 0.25) is 0 Å². The van der Waals surface area contributed by atoms with Crippen molar-refractivity contribution in [2.24, 2.45) is 4.99 Å². The predicted molar refractivity (Wildman–Crippen MR) is 46.0 cm³/mol. The molecule has 0 unspecified atom stereocenters. The Hall–Kier alpha value is -1.12. The van der Waals surface area contributed by atoms with E-state index in [2.05, 4.69) is 4.99 Å². The lowest BCUT2D eigenvalue weighted by Gasteiger charge is -1.99. The van der Waals surface area contributed by atoms with Crippen LogP contribution in [0.25, 0.3) is 0 Å². The van der Waals surface area contributed by atoms with Crippen molar-refractivity contribution in [3.05, 3.63) is 24.0 Å². The van der Waals surface area contributed by atoms with Gasteiger partial charge < -0.3 is 0 Å². The van der Waals surface area contributed by atoms with Crippen molar-refractivity contribution >= 4 is 23.5 Å². The highest BCUT2D eigenvalue weighted by molar-refractivity contribution is 7.98. The number of hydrogen-bond donors (Lipinski definition) is 0. The third kappa shape index (κ3) is 1.72. The summed E-state index contributed by atoms with van der Waals surface area (Å²) in [6.45, 7) is 0. The number of halogens is 1. The summed E-state index contributed by atoms with van der Waals surface area (Å²) in [6.07, 6.45) is 3.06. The summed E-state index contributed by atoms with van der Waals surface area (Å²) < 4.78 is 13.2. The summed E-state index contributed by atoms with van der Waals surface area (Å²) in [5, 5.41) is 0. The topological polar surface area (TPSA) is 29.4 Å². The Morgan fingerprint density at radius 1 is 1.58 bits per heavy atom. The first kappa shape index (κ1) is 8.97. The van der Waals surface area contributed by atoms with Gasteiger partial charge in [-0.25, -0.2) is 9.18 Å². The molecule has 0 aliphatic carbocycles. The van der Waals surface area contributed by atoms with Gasteiger partial charge in [0, 0.05) is 4.90 Å². The zero-order valence-electron chi connectivity index (χ0n) is 6.37. The number of thioether (sulfide) groups is 1. The summed E-state index contributed by atoms with van der Waals surface area (Å²) in [4.78, 5) is 13.6. The van der Waals surface area contributed by atoms with Crippen LogP contribution in [0.4, 0.5) is 10.1 Å². The van der Waals surface area contributed by atoms with Gasteiger partial charge >= 0.3 is 0 Å². The molecule has 4 heteroatoms. The Kier molecular flexibility index (Phi) is 3.02. The lowest BCUT2D eigenvalue weighted by atomic mass is 10.3. The SMILES string of the molecule is CSc1cccc(N=C=O)c1F. The molecule has 1 rings (SSSR count). The summed E-state index contributed by atoms with van der Waals surface area (Å²) >= 11 is 1.27. The normalized spacial score (nSPS) is 9.17. The molecule has 0 aliphatic rings. The number of rotatable bonds is 2. The third-order valence-corrected chi connectivity index (χ3v) is 2.08. The Labute approximate surface area is 73.5 Å². The molecular weight excluding hydrogens is 177 g/mol. The van der Waals surface area contributed by atoms with Crippen molar-refractivity contribution in [2.75, 3.05) is 6.26 Å². The first-order valence-corrected chi connectivity index (χ1v) is 4.42. The van der Waals surface area contributed by atoms with Crippen LogP contribution >= 0.6 is 11.8 Å². The number of nitrogens with zero attached hydrogens (tertiary/aromatic N) is 1. The molecule has 1 aromatic rings. The molecule has 0 amide bonds. The smallest absolute Gasteiger partial charge is 0.211 e. The van der Waals surface area contributed by atoms with Crippen LogP contribution < -0.4 is 0 Å². The minimum Gasteiger partial charge on any atom is -0.211 e. The highest BCUT2D eigenvalue weighted by Crippen LogP contribution is 2.26. The van der Waals surface area contributed by atoms with Crippen LogP contribution in [-0.2, 0) is 4.79 Å². The van der Waals surface area contributed by atoms with Crippen LogP contribution in [0.1, 0.15) is 0 Å². The van der Waals surface area contributed by atoms with Gasteiger partial charge in [-0.1, -0.05) is 6.07 Å². The van der Waals surface area contributed by atoms with Gasteiger partial charge in [0.15, 0.2) is 5.82 Å². The van der Waals surface area contributed by atoms with E-state index in [9.17, 15) is 9.18 Å². The van der Waals surface area contributed by atoms with E-state index in [4.69, 9.17) is 0 Å². The molecule has 0 spiro atoms. The second-order valence-electron chi connectivity index (χ2n) is 2.00. The quantitative estimate of drug-likeness (QED) is 0.400. The molecule has 2 nitrogen and oxygen atoms in total. The average molecular weight is 183 g/mol. The summed E-state index contributed by atoms with van der Waals surface area (Å²) in [5.74, 6) is -0.464. The molecule has 0 saturated carbocycles. The Balaban J connectivity index is 3.22. The number of carbonyl (C=O) groups excluding carboxylic acids is 1. The molecule has 0 aromatic heterocycles. The van der Waals surface area contributed by atoms with Crippen LogP contribution in [0.3, 0.4) is 0 Å². The van der Waals surface area contributed by atoms with E-state index in [0.29, 0.717) is 4.90 Å². The molecule has 0 atom stereocenters. The second kappa shape index (κ2) is 4.04. The van der Waals surface area contributed by atoms with Crippen molar-refractivity contribution in [3.63, 3.8) is 0 Å². The van der Waals surface area contributed by atoms with Crippen molar-refractivity contribution < 1.29 is 9.18 Å². The Bertz CT molecular complexity index is 334. The number of benzene rings is 1. The van der Waals surface area contributed by atoms with Gasteiger partial charge in [-0.15, -0.1) is 11.8 Å². The average Bonchev–Trinajstić information content (AvgIpc) is 2.09. The van der Waals surface area contributed by atoms with Crippen molar-refractivity contribution in [1.29, 1.82) is 0 Å². The Morgan fingerprint density at radius 3 is 2.92 bits per heavy atom. The number of isocyanates is 1. The molecule has 0 radical (unpaired) electrons. The fourth-order valence-electron chi connectivity index (χ4n) is 0.792. The fourth-order valence-corrected chi connectivity index (χ4v) is 1.29. The van der Waals surface area contributed by atoms with E-state index in [1.807, 2.05) is 0 Å². The van der Waals surface area contributed by atoms with Crippen molar-refractivity contribution in [1.82, 2.24) is 0 Å². The van der Waals surface area contributed by atoms with Gasteiger partial charge in [0.25, 0.3) is 0 Å². The van der Waals surface area contributed by atoms with E-state index in [-0.39, 0.29) is 5.69 Å². The minimum absolute atomic E-state index is 0.0388. The first-order valence-electron chi connectivity index (χ1n) is 3.20. The molecule has 0 heterocycles. The molecule has 62 valence electrons. The van der Waals surface area contributed by atoms with E-state index in [1.54, 1.807) is 18.4 Å². The largest absolute Gasteiger partial charge is 0.240 e. The number of hydrogen-bond acceptors (Lipinski definition) is 3. The van der Waals surface area contributed by atoms with Crippen LogP contribution in [0.15, 0.2) is 28.1 Å². The van der Waals surface area contributed by atoms with Crippen LogP contribution in [-0.4, -0.2) is 12.3 Å². The lowest BCUT2D eigenvalue weighted by molar-refractivity contribution is 0.563. The minimum atomic E-state index is -0.464. The maximum absolute atomic E-state index is 13.2. The predicted octanol–water partition coefficient (Wildman–Crippen LogP) is 2.51. The van der Waals surface area contributed by atoms with Crippen molar-refractivity contribution in [2.45, 2.75) is 4.90 Å². The first-order chi connectivity index (χ1) is 5.79. The highest BCUT2D eigenvalue weighted by atomic mass is 32.2. The molecule has 0 bridgehead atoms. The highest BCUT2D eigenvalue weighted by Gasteiger charge is 2.04. The standard InChI is InChI=1S/C8H6FNOS/c1-12-7-4-2-3-6(8(7)9)10-5-11/h2-4H,1H3. The van der Waals surface area contributed by atoms with E-state index in [0.717, 1.165) is 0 Å². The fraction of sp³-hybridized carbons (Fsp3) is 0.125. The molecule has 1 aromatic carbocycles. The monoisotopic (exact) mass is 183 g/mol. The van der Waals surface area contributed by atoms with Crippen molar-refractivity contribution in [3.8, 4) is 0 Å². The molecule has 0 N–H and O–H groups in total. The van der Waals surface area contributed by atoms with E-state index >= 15 is 0 Å². The van der Waals surface area contributed by atoms with Crippen LogP contribution in [0.5, 0.6) is 0 Å². The molecule has 0 aliphatic heterocycles.